The van der Waals surface area contributed by atoms with Crippen LogP contribution < -0.4 is 5.32 Å². The van der Waals surface area contributed by atoms with E-state index >= 15 is 0 Å². The van der Waals surface area contributed by atoms with E-state index in [9.17, 15) is 9.90 Å². The molecular weight excluding hydrogens is 338 g/mol. The lowest BCUT2D eigenvalue weighted by atomic mass is 9.90. The fourth-order valence-electron chi connectivity index (χ4n) is 4.10. The Hall–Kier alpha value is -1.85. The third kappa shape index (κ3) is 2.85. The van der Waals surface area contributed by atoms with E-state index in [2.05, 4.69) is 16.5 Å². The van der Waals surface area contributed by atoms with Crippen LogP contribution in [-0.4, -0.2) is 26.9 Å². The Balaban J connectivity index is 1.58. The van der Waals surface area contributed by atoms with Crippen LogP contribution in [0.2, 0.25) is 5.02 Å². The number of carboxylic acid groups (broad SMARTS) is 1. The highest BCUT2D eigenvalue weighted by molar-refractivity contribution is 6.31. The first-order valence-electron chi connectivity index (χ1n) is 8.88. The first-order chi connectivity index (χ1) is 12.0. The molecule has 2 aromatic rings. The Morgan fingerprint density at radius 3 is 2.84 bits per heavy atom. The van der Waals surface area contributed by atoms with E-state index in [-0.39, 0.29) is 17.3 Å². The van der Waals surface area contributed by atoms with Gasteiger partial charge >= 0.3 is 5.97 Å². The van der Waals surface area contributed by atoms with Crippen molar-refractivity contribution in [3.63, 3.8) is 0 Å². The molecule has 4 rings (SSSR count). The average molecular weight is 360 g/mol. The van der Waals surface area contributed by atoms with Crippen LogP contribution in [0, 0.1) is 0 Å². The predicted octanol–water partition coefficient (Wildman–Crippen LogP) is 3.39. The fourth-order valence-corrected chi connectivity index (χ4v) is 4.42. The van der Waals surface area contributed by atoms with Crippen LogP contribution in [0.15, 0.2) is 24.3 Å². The monoisotopic (exact) mass is 359 g/mol. The zero-order chi connectivity index (χ0) is 17.6. The Kier molecular flexibility index (Phi) is 4.08. The summed E-state index contributed by atoms with van der Waals surface area (Å²) < 4.78 is 1.84. The number of fused-ring (bicyclic) bond motifs is 1. The van der Waals surface area contributed by atoms with Crippen molar-refractivity contribution in [1.82, 2.24) is 15.1 Å². The molecule has 25 heavy (non-hydrogen) atoms. The first-order valence-corrected chi connectivity index (χ1v) is 9.26. The van der Waals surface area contributed by atoms with Gasteiger partial charge in [-0.05, 0) is 50.7 Å². The molecule has 2 aliphatic rings. The molecule has 0 radical (unpaired) electrons. The van der Waals surface area contributed by atoms with Gasteiger partial charge in [-0.15, -0.1) is 0 Å². The molecule has 1 fully saturated rings. The molecule has 1 unspecified atom stereocenters. The molecule has 1 aromatic carbocycles. The van der Waals surface area contributed by atoms with Crippen molar-refractivity contribution in [1.29, 1.82) is 0 Å². The normalized spacial score (nSPS) is 21.0. The van der Waals surface area contributed by atoms with E-state index in [4.69, 9.17) is 11.6 Å². The van der Waals surface area contributed by atoms with Gasteiger partial charge in [0, 0.05) is 34.4 Å². The molecular formula is C19H22ClN3O2. The van der Waals surface area contributed by atoms with Crippen LogP contribution in [0.4, 0.5) is 0 Å². The fraction of sp³-hybridized carbons (Fsp3) is 0.474. The minimum absolute atomic E-state index is 0.0509. The Bertz CT molecular complexity index is 826. The highest BCUT2D eigenvalue weighted by Crippen LogP contribution is 2.48. The molecule has 1 saturated carbocycles. The van der Waals surface area contributed by atoms with Crippen molar-refractivity contribution in [2.45, 2.75) is 57.2 Å². The van der Waals surface area contributed by atoms with Gasteiger partial charge in [-0.1, -0.05) is 29.8 Å². The van der Waals surface area contributed by atoms with Gasteiger partial charge < -0.3 is 10.4 Å². The highest BCUT2D eigenvalue weighted by atomic mass is 35.5. The minimum Gasteiger partial charge on any atom is -0.476 e. The van der Waals surface area contributed by atoms with Crippen LogP contribution in [-0.2, 0) is 24.9 Å². The summed E-state index contributed by atoms with van der Waals surface area (Å²) in [5, 5.41) is 18.4. The maximum absolute atomic E-state index is 11.6. The molecule has 2 N–H and O–H groups in total. The van der Waals surface area contributed by atoms with Gasteiger partial charge in [0.25, 0.3) is 0 Å². The van der Waals surface area contributed by atoms with Gasteiger partial charge in [-0.2, -0.15) is 5.10 Å². The summed E-state index contributed by atoms with van der Waals surface area (Å²) >= 11 is 6.41. The van der Waals surface area contributed by atoms with Crippen LogP contribution >= 0.6 is 11.6 Å². The van der Waals surface area contributed by atoms with E-state index in [1.165, 1.54) is 0 Å². The molecule has 1 aromatic heterocycles. The molecule has 0 saturated heterocycles. The highest BCUT2D eigenvalue weighted by Gasteiger charge is 2.47. The number of carbonyl (C=O) groups is 1. The van der Waals surface area contributed by atoms with Crippen molar-refractivity contribution >= 4 is 17.6 Å². The molecule has 0 bridgehead atoms. The van der Waals surface area contributed by atoms with Crippen molar-refractivity contribution in [3.8, 4) is 0 Å². The molecule has 1 heterocycles. The standard InChI is InChI=1S/C19H22ClN3O2/c1-2-23-16-8-7-12(11-13(16)17(22-23)18(24)25)21-19(9-10-19)14-5-3-4-6-15(14)20/h3-6,12,21H,2,7-11H2,1H3,(H,24,25). The van der Waals surface area contributed by atoms with E-state index in [1.54, 1.807) is 0 Å². The Labute approximate surface area is 152 Å². The third-order valence-corrected chi connectivity index (χ3v) is 5.80. The number of aromatic carboxylic acids is 1. The topological polar surface area (TPSA) is 67.2 Å². The maximum Gasteiger partial charge on any atom is 0.356 e. The Morgan fingerprint density at radius 1 is 1.44 bits per heavy atom. The summed E-state index contributed by atoms with van der Waals surface area (Å²) in [6, 6.07) is 8.25. The van der Waals surface area contributed by atoms with Gasteiger partial charge in [0.2, 0.25) is 0 Å². The van der Waals surface area contributed by atoms with Crippen molar-refractivity contribution in [3.05, 3.63) is 51.8 Å². The van der Waals surface area contributed by atoms with Gasteiger partial charge in [-0.25, -0.2) is 4.79 Å². The van der Waals surface area contributed by atoms with Gasteiger partial charge in [0.1, 0.15) is 0 Å². The number of rotatable bonds is 5. The summed E-state index contributed by atoms with van der Waals surface area (Å²) in [6.45, 7) is 2.71. The third-order valence-electron chi connectivity index (χ3n) is 5.47. The van der Waals surface area contributed by atoms with Crippen molar-refractivity contribution < 1.29 is 9.90 Å². The number of benzene rings is 1. The number of aromatic nitrogens is 2. The summed E-state index contributed by atoms with van der Waals surface area (Å²) in [5.41, 5.74) is 3.30. The lowest BCUT2D eigenvalue weighted by molar-refractivity contribution is 0.0688. The largest absolute Gasteiger partial charge is 0.476 e. The molecule has 2 aliphatic carbocycles. The molecule has 0 aliphatic heterocycles. The van der Waals surface area contributed by atoms with Crippen LogP contribution in [0.5, 0.6) is 0 Å². The van der Waals surface area contributed by atoms with E-state index in [0.29, 0.717) is 13.0 Å². The Morgan fingerprint density at radius 2 is 2.20 bits per heavy atom. The predicted molar refractivity (Wildman–Crippen MR) is 96.2 cm³/mol. The molecule has 0 amide bonds. The van der Waals surface area contributed by atoms with Crippen molar-refractivity contribution in [2.75, 3.05) is 0 Å². The summed E-state index contributed by atoms with van der Waals surface area (Å²) in [4.78, 5) is 11.6. The van der Waals surface area contributed by atoms with Gasteiger partial charge in [-0.3, -0.25) is 4.68 Å². The molecule has 132 valence electrons. The van der Waals surface area contributed by atoms with E-state index in [0.717, 1.165) is 47.5 Å². The van der Waals surface area contributed by atoms with Crippen LogP contribution in [0.1, 0.15) is 53.5 Å². The SMILES string of the molecule is CCn1nc(C(=O)O)c2c1CCC(NC1(c3ccccc3Cl)CC1)C2. The number of aryl methyl sites for hydroxylation is 1. The molecule has 0 spiro atoms. The maximum atomic E-state index is 11.6. The first kappa shape index (κ1) is 16.6. The summed E-state index contributed by atoms with van der Waals surface area (Å²) in [5.74, 6) is -0.934. The average Bonchev–Trinajstić information content (AvgIpc) is 3.27. The zero-order valence-electron chi connectivity index (χ0n) is 14.3. The quantitative estimate of drug-likeness (QED) is 0.858. The number of halogens is 1. The molecule has 5 nitrogen and oxygen atoms in total. The number of hydrogen-bond acceptors (Lipinski definition) is 3. The number of nitrogens with zero attached hydrogens (tertiary/aromatic N) is 2. The van der Waals surface area contributed by atoms with Gasteiger partial charge in [0.15, 0.2) is 5.69 Å². The second-order valence-electron chi connectivity index (χ2n) is 7.04. The lowest BCUT2D eigenvalue weighted by Gasteiger charge is -2.30. The minimum atomic E-state index is -0.934. The number of nitrogens with one attached hydrogen (secondary N) is 1. The molecule has 1 atom stereocenters. The second-order valence-corrected chi connectivity index (χ2v) is 7.45. The molecule has 6 heteroatoms. The van der Waals surface area contributed by atoms with Crippen molar-refractivity contribution in [2.24, 2.45) is 0 Å². The summed E-state index contributed by atoms with van der Waals surface area (Å²) in [6.07, 6.45) is 4.70. The zero-order valence-corrected chi connectivity index (χ0v) is 15.0. The van der Waals surface area contributed by atoms with E-state index in [1.807, 2.05) is 29.8 Å². The summed E-state index contributed by atoms with van der Waals surface area (Å²) in [7, 11) is 0. The number of hydrogen-bond donors (Lipinski definition) is 2. The van der Waals surface area contributed by atoms with Gasteiger partial charge in [0.05, 0.1) is 0 Å². The van der Waals surface area contributed by atoms with Crippen LogP contribution in [0.25, 0.3) is 0 Å². The lowest BCUT2D eigenvalue weighted by Crippen LogP contribution is -2.42. The second kappa shape index (κ2) is 6.15. The number of carboxylic acids is 1. The van der Waals surface area contributed by atoms with Crippen LogP contribution in [0.3, 0.4) is 0 Å². The smallest absolute Gasteiger partial charge is 0.356 e. The van der Waals surface area contributed by atoms with E-state index < -0.39 is 5.97 Å².